The molecule has 7 heteroatoms. The number of nitrogens with two attached hydrogens (primary N) is 1. The molecule has 3 N–H and O–H groups in total. The molecule has 0 saturated carbocycles. The number of carbonyl (C=O) groups is 1. The van der Waals surface area contributed by atoms with Crippen molar-refractivity contribution in [3.05, 3.63) is 51.3 Å². The van der Waals surface area contributed by atoms with Crippen molar-refractivity contribution in [3.8, 4) is 0 Å². The van der Waals surface area contributed by atoms with Gasteiger partial charge in [-0.3, -0.25) is 4.79 Å². The Balaban J connectivity index is 2.25. The number of anilines is 2. The fraction of sp³-hybridized carbons (Fsp3) is 0. The van der Waals surface area contributed by atoms with Gasteiger partial charge in [0.05, 0.1) is 5.69 Å². The average Bonchev–Trinajstić information content (AvgIpc) is 2.31. The van der Waals surface area contributed by atoms with Gasteiger partial charge >= 0.3 is 0 Å². The molecule has 1 heterocycles. The molecule has 0 atom stereocenters. The van der Waals surface area contributed by atoms with E-state index in [0.29, 0.717) is 4.47 Å². The topological polar surface area (TPSA) is 68.0 Å². The molecule has 2 aromatic rings. The highest BCUT2D eigenvalue weighted by molar-refractivity contribution is 9.10. The minimum atomic E-state index is -0.546. The van der Waals surface area contributed by atoms with Crippen molar-refractivity contribution in [2.24, 2.45) is 0 Å². The van der Waals surface area contributed by atoms with Crippen LogP contribution in [0.2, 0.25) is 5.15 Å². The van der Waals surface area contributed by atoms with Crippen LogP contribution in [0, 0.1) is 5.82 Å². The second-order valence-corrected chi connectivity index (χ2v) is 4.98. The largest absolute Gasteiger partial charge is 0.384 e. The standard InChI is InChI=1S/C12H8BrClFN3O/c13-7-1-2-9(8(15)5-7)17-12(19)6-3-10(14)18-11(16)4-6/h1-5H,(H2,16,18)(H,17,19). The summed E-state index contributed by atoms with van der Waals surface area (Å²) in [6.45, 7) is 0. The van der Waals surface area contributed by atoms with Crippen molar-refractivity contribution in [1.82, 2.24) is 4.98 Å². The van der Waals surface area contributed by atoms with Gasteiger partial charge in [-0.1, -0.05) is 27.5 Å². The minimum Gasteiger partial charge on any atom is -0.384 e. The SMILES string of the molecule is Nc1cc(C(=O)Nc2ccc(Br)cc2F)cc(Cl)n1. The molecule has 2 rings (SSSR count). The normalized spacial score (nSPS) is 10.3. The van der Waals surface area contributed by atoms with Crippen molar-refractivity contribution < 1.29 is 9.18 Å². The molecule has 98 valence electrons. The predicted octanol–water partition coefficient (Wildman–Crippen LogP) is 3.47. The zero-order valence-corrected chi connectivity index (χ0v) is 11.8. The molecule has 1 aromatic carbocycles. The number of nitrogens with zero attached hydrogens (tertiary/aromatic N) is 1. The summed E-state index contributed by atoms with van der Waals surface area (Å²) in [6.07, 6.45) is 0. The number of pyridine rings is 1. The van der Waals surface area contributed by atoms with Crippen LogP contribution in [0.5, 0.6) is 0 Å². The van der Waals surface area contributed by atoms with E-state index in [1.54, 1.807) is 6.07 Å². The zero-order valence-electron chi connectivity index (χ0n) is 9.45. The van der Waals surface area contributed by atoms with Crippen LogP contribution in [0.1, 0.15) is 10.4 Å². The highest BCUT2D eigenvalue weighted by Gasteiger charge is 2.11. The number of nitrogen functional groups attached to an aromatic ring is 1. The Kier molecular flexibility index (Phi) is 4.01. The second kappa shape index (κ2) is 5.54. The molecule has 4 nitrogen and oxygen atoms in total. The first-order chi connectivity index (χ1) is 8.95. The number of hydrogen-bond donors (Lipinski definition) is 2. The maximum absolute atomic E-state index is 13.6. The molecule has 1 amide bonds. The molecule has 0 bridgehead atoms. The fourth-order valence-electron chi connectivity index (χ4n) is 1.43. The third-order valence-electron chi connectivity index (χ3n) is 2.26. The number of rotatable bonds is 2. The van der Waals surface area contributed by atoms with Gasteiger partial charge in [0.15, 0.2) is 0 Å². The van der Waals surface area contributed by atoms with Gasteiger partial charge in [-0.2, -0.15) is 0 Å². The molecular weight excluding hydrogens is 337 g/mol. The van der Waals surface area contributed by atoms with E-state index in [-0.39, 0.29) is 22.2 Å². The number of aromatic nitrogens is 1. The Morgan fingerprint density at radius 1 is 1.37 bits per heavy atom. The lowest BCUT2D eigenvalue weighted by atomic mass is 10.2. The third kappa shape index (κ3) is 3.42. The summed E-state index contributed by atoms with van der Waals surface area (Å²) < 4.78 is 14.2. The monoisotopic (exact) mass is 343 g/mol. The molecule has 0 aliphatic rings. The van der Waals surface area contributed by atoms with E-state index < -0.39 is 11.7 Å². The van der Waals surface area contributed by atoms with Crippen molar-refractivity contribution >= 4 is 44.9 Å². The number of benzene rings is 1. The van der Waals surface area contributed by atoms with Gasteiger partial charge in [0, 0.05) is 10.0 Å². The quantitative estimate of drug-likeness (QED) is 0.820. The van der Waals surface area contributed by atoms with E-state index >= 15 is 0 Å². The predicted molar refractivity (Wildman–Crippen MR) is 75.7 cm³/mol. The molecular formula is C12H8BrClFN3O. The van der Waals surface area contributed by atoms with Gasteiger partial charge in [0.2, 0.25) is 0 Å². The van der Waals surface area contributed by atoms with Crippen LogP contribution in [0.4, 0.5) is 15.9 Å². The highest BCUT2D eigenvalue weighted by Crippen LogP contribution is 2.20. The Hall–Kier alpha value is -1.66. The number of hydrogen-bond acceptors (Lipinski definition) is 3. The summed E-state index contributed by atoms with van der Waals surface area (Å²) in [5, 5.41) is 2.53. The molecule has 1 aromatic heterocycles. The van der Waals surface area contributed by atoms with Gasteiger partial charge < -0.3 is 11.1 Å². The van der Waals surface area contributed by atoms with Crippen molar-refractivity contribution in [3.63, 3.8) is 0 Å². The first kappa shape index (κ1) is 13.8. The number of carbonyl (C=O) groups excluding carboxylic acids is 1. The van der Waals surface area contributed by atoms with E-state index in [9.17, 15) is 9.18 Å². The third-order valence-corrected chi connectivity index (χ3v) is 2.94. The van der Waals surface area contributed by atoms with Crippen molar-refractivity contribution in [2.45, 2.75) is 0 Å². The summed E-state index contributed by atoms with van der Waals surface area (Å²) >= 11 is 8.83. The lowest BCUT2D eigenvalue weighted by molar-refractivity contribution is 0.102. The van der Waals surface area contributed by atoms with Crippen LogP contribution in [0.3, 0.4) is 0 Å². The fourth-order valence-corrected chi connectivity index (χ4v) is 1.98. The van der Waals surface area contributed by atoms with Crippen molar-refractivity contribution in [1.29, 1.82) is 0 Å². The Bertz CT molecular complexity index is 631. The highest BCUT2D eigenvalue weighted by atomic mass is 79.9. The van der Waals surface area contributed by atoms with Crippen LogP contribution in [-0.2, 0) is 0 Å². The second-order valence-electron chi connectivity index (χ2n) is 3.68. The lowest BCUT2D eigenvalue weighted by Crippen LogP contribution is -2.13. The van der Waals surface area contributed by atoms with E-state index in [0.717, 1.165) is 0 Å². The van der Waals surface area contributed by atoms with Crippen LogP contribution < -0.4 is 11.1 Å². The zero-order chi connectivity index (χ0) is 14.0. The Morgan fingerprint density at radius 3 is 2.74 bits per heavy atom. The van der Waals surface area contributed by atoms with E-state index in [1.807, 2.05) is 0 Å². The Labute approximate surface area is 121 Å². The van der Waals surface area contributed by atoms with Gasteiger partial charge in [-0.15, -0.1) is 0 Å². The summed E-state index contributed by atoms with van der Waals surface area (Å²) in [5.41, 5.74) is 5.76. The molecule has 0 radical (unpaired) electrons. The van der Waals surface area contributed by atoms with Gasteiger partial charge in [0.1, 0.15) is 16.8 Å². The maximum Gasteiger partial charge on any atom is 0.255 e. The molecule has 0 aliphatic carbocycles. The molecule has 0 saturated heterocycles. The number of amides is 1. The Morgan fingerprint density at radius 2 is 2.11 bits per heavy atom. The average molecular weight is 345 g/mol. The lowest BCUT2D eigenvalue weighted by Gasteiger charge is -2.07. The molecule has 0 aliphatic heterocycles. The van der Waals surface area contributed by atoms with Crippen LogP contribution >= 0.6 is 27.5 Å². The summed E-state index contributed by atoms with van der Waals surface area (Å²) in [7, 11) is 0. The van der Waals surface area contributed by atoms with Gasteiger partial charge in [0.25, 0.3) is 5.91 Å². The summed E-state index contributed by atoms with van der Waals surface area (Å²) in [6, 6.07) is 7.03. The summed E-state index contributed by atoms with van der Waals surface area (Å²) in [4.78, 5) is 15.7. The van der Waals surface area contributed by atoms with Crippen LogP contribution in [0.15, 0.2) is 34.8 Å². The smallest absolute Gasteiger partial charge is 0.255 e. The van der Waals surface area contributed by atoms with Gasteiger partial charge in [-0.25, -0.2) is 9.37 Å². The van der Waals surface area contributed by atoms with E-state index in [2.05, 4.69) is 26.2 Å². The van der Waals surface area contributed by atoms with Crippen LogP contribution in [0.25, 0.3) is 0 Å². The first-order valence-corrected chi connectivity index (χ1v) is 6.32. The minimum absolute atomic E-state index is 0.0692. The summed E-state index contributed by atoms with van der Waals surface area (Å²) in [5.74, 6) is -0.943. The van der Waals surface area contributed by atoms with Gasteiger partial charge in [-0.05, 0) is 30.3 Å². The van der Waals surface area contributed by atoms with E-state index in [4.69, 9.17) is 17.3 Å². The number of nitrogens with one attached hydrogen (secondary N) is 1. The van der Waals surface area contributed by atoms with Crippen molar-refractivity contribution in [2.75, 3.05) is 11.1 Å². The maximum atomic E-state index is 13.6. The van der Waals surface area contributed by atoms with Crippen LogP contribution in [-0.4, -0.2) is 10.9 Å². The number of halogens is 3. The molecule has 0 unspecified atom stereocenters. The molecule has 19 heavy (non-hydrogen) atoms. The van der Waals surface area contributed by atoms with E-state index in [1.165, 1.54) is 24.3 Å². The molecule has 0 spiro atoms. The molecule has 0 fully saturated rings. The first-order valence-electron chi connectivity index (χ1n) is 5.15.